The van der Waals surface area contributed by atoms with Crippen LogP contribution >= 0.6 is 0 Å². The molecule has 1 aromatic heterocycles. The number of amides is 1. The number of hydrogen-bond acceptors (Lipinski definition) is 5. The van der Waals surface area contributed by atoms with Crippen LogP contribution < -0.4 is 15.5 Å². The van der Waals surface area contributed by atoms with Crippen molar-refractivity contribution in [3.05, 3.63) is 71.9 Å². The van der Waals surface area contributed by atoms with Crippen molar-refractivity contribution in [2.24, 2.45) is 0 Å². The van der Waals surface area contributed by atoms with Crippen LogP contribution in [0.5, 0.6) is 0 Å². The Morgan fingerprint density at radius 1 is 0.931 bits per heavy atom. The summed E-state index contributed by atoms with van der Waals surface area (Å²) in [5.41, 5.74) is 3.52. The van der Waals surface area contributed by atoms with Gasteiger partial charge >= 0.3 is 0 Å². The average molecular weight is 390 g/mol. The topological polar surface area (TPSA) is 70.2 Å². The van der Waals surface area contributed by atoms with Crippen LogP contribution in [-0.4, -0.2) is 29.0 Å². The van der Waals surface area contributed by atoms with Gasteiger partial charge < -0.3 is 15.5 Å². The molecule has 1 amide bonds. The third kappa shape index (κ3) is 5.78. The molecule has 0 aliphatic heterocycles. The van der Waals surface area contributed by atoms with Crippen molar-refractivity contribution in [1.29, 1.82) is 0 Å². The second-order valence-electron chi connectivity index (χ2n) is 6.78. The summed E-state index contributed by atoms with van der Waals surface area (Å²) in [6.45, 7) is 7.97. The number of aromatic nitrogens is 2. The van der Waals surface area contributed by atoms with E-state index in [1.807, 2.05) is 67.6 Å². The van der Waals surface area contributed by atoms with Gasteiger partial charge in [-0.2, -0.15) is 4.98 Å². The molecule has 0 aliphatic rings. The molecule has 0 spiro atoms. The van der Waals surface area contributed by atoms with Crippen molar-refractivity contribution in [3.63, 3.8) is 0 Å². The van der Waals surface area contributed by atoms with Crippen LogP contribution in [-0.2, 0) is 11.2 Å². The van der Waals surface area contributed by atoms with Crippen LogP contribution in [0.25, 0.3) is 0 Å². The number of benzene rings is 2. The largest absolute Gasteiger partial charge is 0.357 e. The maximum absolute atomic E-state index is 12.2. The zero-order valence-corrected chi connectivity index (χ0v) is 17.1. The Morgan fingerprint density at radius 3 is 2.24 bits per heavy atom. The SMILES string of the molecule is CCN(CC)c1cc(C)nc(Nc2ccc(NC(=O)Cc3ccccc3)cc2)n1. The van der Waals surface area contributed by atoms with Crippen molar-refractivity contribution in [1.82, 2.24) is 9.97 Å². The zero-order valence-electron chi connectivity index (χ0n) is 17.1. The standard InChI is InChI=1S/C23H27N5O/c1-4-28(5-2)21-15-17(3)24-23(27-21)26-20-13-11-19(12-14-20)25-22(29)16-18-9-7-6-8-10-18/h6-15H,4-5,16H2,1-3H3,(H,25,29)(H,24,26,27). The van der Waals surface area contributed by atoms with Crippen molar-refractivity contribution in [2.45, 2.75) is 27.2 Å². The molecule has 2 aromatic carbocycles. The van der Waals surface area contributed by atoms with Crippen LogP contribution in [0.2, 0.25) is 0 Å². The van der Waals surface area contributed by atoms with Gasteiger partial charge in [0.2, 0.25) is 11.9 Å². The summed E-state index contributed by atoms with van der Waals surface area (Å²) in [7, 11) is 0. The first-order valence-corrected chi connectivity index (χ1v) is 9.89. The van der Waals surface area contributed by atoms with Gasteiger partial charge in [0, 0.05) is 36.2 Å². The molecule has 150 valence electrons. The quantitative estimate of drug-likeness (QED) is 0.591. The lowest BCUT2D eigenvalue weighted by molar-refractivity contribution is -0.115. The van der Waals surface area contributed by atoms with Crippen molar-refractivity contribution in [3.8, 4) is 0 Å². The maximum Gasteiger partial charge on any atom is 0.229 e. The van der Waals surface area contributed by atoms with E-state index in [1.54, 1.807) is 0 Å². The summed E-state index contributed by atoms with van der Waals surface area (Å²) in [6.07, 6.45) is 0.353. The Bertz CT molecular complexity index is 937. The van der Waals surface area contributed by atoms with E-state index in [2.05, 4.69) is 39.3 Å². The van der Waals surface area contributed by atoms with Crippen molar-refractivity contribution >= 4 is 29.0 Å². The smallest absolute Gasteiger partial charge is 0.229 e. The van der Waals surface area contributed by atoms with E-state index >= 15 is 0 Å². The molecule has 0 radical (unpaired) electrons. The third-order valence-electron chi connectivity index (χ3n) is 4.56. The molecular weight excluding hydrogens is 362 g/mol. The predicted molar refractivity (Wildman–Crippen MR) is 119 cm³/mol. The Hall–Kier alpha value is -3.41. The maximum atomic E-state index is 12.2. The molecule has 0 atom stereocenters. The molecular formula is C23H27N5O. The van der Waals surface area contributed by atoms with Gasteiger partial charge in [-0.1, -0.05) is 30.3 Å². The number of anilines is 4. The minimum absolute atomic E-state index is 0.0391. The summed E-state index contributed by atoms with van der Waals surface area (Å²) >= 11 is 0. The highest BCUT2D eigenvalue weighted by Crippen LogP contribution is 2.20. The molecule has 0 unspecified atom stereocenters. The summed E-state index contributed by atoms with van der Waals surface area (Å²) in [4.78, 5) is 23.5. The number of rotatable bonds is 8. The number of nitrogens with one attached hydrogen (secondary N) is 2. The lowest BCUT2D eigenvalue weighted by Gasteiger charge is -2.20. The fraction of sp³-hybridized carbons (Fsp3) is 0.261. The van der Waals surface area contributed by atoms with E-state index in [1.165, 1.54) is 0 Å². The van der Waals surface area contributed by atoms with Crippen LogP contribution in [0.15, 0.2) is 60.7 Å². The van der Waals surface area contributed by atoms with Gasteiger partial charge in [0.05, 0.1) is 6.42 Å². The molecule has 1 heterocycles. The fourth-order valence-electron chi connectivity index (χ4n) is 3.07. The number of aryl methyl sites for hydroxylation is 1. The van der Waals surface area contributed by atoms with Gasteiger partial charge in [0.15, 0.2) is 0 Å². The molecule has 3 rings (SSSR count). The second kappa shape index (κ2) is 9.68. The van der Waals surface area contributed by atoms with Gasteiger partial charge in [0.1, 0.15) is 5.82 Å². The second-order valence-corrected chi connectivity index (χ2v) is 6.78. The van der Waals surface area contributed by atoms with Crippen molar-refractivity contribution < 1.29 is 4.79 Å². The number of hydrogen-bond donors (Lipinski definition) is 2. The van der Waals surface area contributed by atoms with Gasteiger partial charge in [0.25, 0.3) is 0 Å². The van der Waals surface area contributed by atoms with Gasteiger partial charge in [-0.3, -0.25) is 4.79 Å². The minimum atomic E-state index is -0.0391. The highest BCUT2D eigenvalue weighted by Gasteiger charge is 2.08. The molecule has 3 aromatic rings. The van der Waals surface area contributed by atoms with Crippen molar-refractivity contribution in [2.75, 3.05) is 28.6 Å². The Labute approximate surface area is 172 Å². The van der Waals surface area contributed by atoms with Gasteiger partial charge in [-0.05, 0) is 50.6 Å². The average Bonchev–Trinajstić information content (AvgIpc) is 2.71. The van der Waals surface area contributed by atoms with Crippen LogP contribution in [0.1, 0.15) is 25.1 Å². The molecule has 2 N–H and O–H groups in total. The Balaban J connectivity index is 1.64. The van der Waals surface area contributed by atoms with Gasteiger partial charge in [-0.25, -0.2) is 4.98 Å². The Morgan fingerprint density at radius 2 is 1.59 bits per heavy atom. The van der Waals surface area contributed by atoms with E-state index in [9.17, 15) is 4.79 Å². The molecule has 6 heteroatoms. The molecule has 6 nitrogen and oxygen atoms in total. The summed E-state index contributed by atoms with van der Waals surface area (Å²) in [6, 6.07) is 19.2. The third-order valence-corrected chi connectivity index (χ3v) is 4.56. The van der Waals surface area contributed by atoms with Crippen LogP contribution in [0.3, 0.4) is 0 Å². The Kier molecular flexibility index (Phi) is 6.79. The highest BCUT2D eigenvalue weighted by atomic mass is 16.1. The van der Waals surface area contributed by atoms with E-state index in [-0.39, 0.29) is 5.91 Å². The minimum Gasteiger partial charge on any atom is -0.357 e. The lowest BCUT2D eigenvalue weighted by atomic mass is 10.1. The normalized spacial score (nSPS) is 10.4. The molecule has 0 aliphatic carbocycles. The fourth-order valence-corrected chi connectivity index (χ4v) is 3.07. The molecule has 0 saturated heterocycles. The van der Waals surface area contributed by atoms with Crippen LogP contribution in [0, 0.1) is 6.92 Å². The van der Waals surface area contributed by atoms with Crippen LogP contribution in [0.4, 0.5) is 23.1 Å². The number of carbonyl (C=O) groups is 1. The molecule has 0 bridgehead atoms. The first-order valence-electron chi connectivity index (χ1n) is 9.89. The van der Waals surface area contributed by atoms with E-state index in [0.29, 0.717) is 12.4 Å². The summed E-state index contributed by atoms with van der Waals surface area (Å²) in [5.74, 6) is 1.44. The van der Waals surface area contributed by atoms with Gasteiger partial charge in [-0.15, -0.1) is 0 Å². The zero-order chi connectivity index (χ0) is 20.6. The monoisotopic (exact) mass is 389 g/mol. The lowest BCUT2D eigenvalue weighted by Crippen LogP contribution is -2.23. The number of nitrogens with zero attached hydrogens (tertiary/aromatic N) is 3. The van der Waals surface area contributed by atoms with E-state index in [0.717, 1.165) is 41.5 Å². The highest BCUT2D eigenvalue weighted by molar-refractivity contribution is 5.92. The first kappa shape index (κ1) is 20.3. The molecule has 29 heavy (non-hydrogen) atoms. The molecule has 0 fully saturated rings. The summed E-state index contributed by atoms with van der Waals surface area (Å²) in [5, 5.41) is 6.17. The van der Waals surface area contributed by atoms with E-state index < -0.39 is 0 Å². The number of carbonyl (C=O) groups excluding carboxylic acids is 1. The van der Waals surface area contributed by atoms with E-state index in [4.69, 9.17) is 0 Å². The molecule has 0 saturated carbocycles. The summed E-state index contributed by atoms with van der Waals surface area (Å²) < 4.78 is 0. The predicted octanol–water partition coefficient (Wildman–Crippen LogP) is 4.56. The first-order chi connectivity index (χ1) is 14.1.